The van der Waals surface area contributed by atoms with Crippen molar-refractivity contribution in [2.24, 2.45) is 5.92 Å². The minimum absolute atomic E-state index is 0.0120. The van der Waals surface area contributed by atoms with Crippen LogP contribution < -0.4 is 0 Å². The summed E-state index contributed by atoms with van der Waals surface area (Å²) in [6.07, 6.45) is 15.4. The van der Waals surface area contributed by atoms with Gasteiger partial charge < -0.3 is 19.7 Å². The molecule has 3 saturated heterocycles. The summed E-state index contributed by atoms with van der Waals surface area (Å²) in [7, 11) is 0. The molecule has 3 aliphatic rings. The van der Waals surface area contributed by atoms with Crippen LogP contribution in [0.25, 0.3) is 0 Å². The van der Waals surface area contributed by atoms with Crippen molar-refractivity contribution in [3.63, 3.8) is 0 Å². The third kappa shape index (κ3) is 6.92. The van der Waals surface area contributed by atoms with Crippen molar-refractivity contribution in [3.8, 4) is 0 Å². The highest BCUT2D eigenvalue weighted by atomic mass is 16.7. The summed E-state index contributed by atoms with van der Waals surface area (Å²) in [6.45, 7) is 2.16. The van der Waals surface area contributed by atoms with E-state index in [1.54, 1.807) is 0 Å². The third-order valence-electron chi connectivity index (χ3n) is 4.92. The fourth-order valence-corrected chi connectivity index (χ4v) is 3.38. The molecule has 2 bridgehead atoms. The Hall–Kier alpha value is -1.17. The van der Waals surface area contributed by atoms with Gasteiger partial charge in [0, 0.05) is 18.8 Å². The monoisotopic (exact) mass is 352 g/mol. The number of hydrogen-bond acceptors (Lipinski definition) is 4. The molecular formula is C20H32O5. The SMILES string of the molecule is CCCCCC(O)C=CC1OC2CC(O2)C1CC=CCCCC(=O)O. The fourth-order valence-electron chi connectivity index (χ4n) is 3.38. The summed E-state index contributed by atoms with van der Waals surface area (Å²) >= 11 is 0. The van der Waals surface area contributed by atoms with E-state index >= 15 is 0 Å². The normalized spacial score (nSPS) is 29.8. The summed E-state index contributed by atoms with van der Waals surface area (Å²) in [5.74, 6) is -0.481. The number of allylic oxidation sites excluding steroid dienone is 2. The van der Waals surface area contributed by atoms with E-state index < -0.39 is 12.1 Å². The molecule has 3 aliphatic heterocycles. The van der Waals surface area contributed by atoms with Crippen molar-refractivity contribution in [1.82, 2.24) is 0 Å². The number of hydrogen-bond donors (Lipinski definition) is 2. The lowest BCUT2D eigenvalue weighted by Gasteiger charge is -2.49. The Labute approximate surface area is 150 Å². The highest BCUT2D eigenvalue weighted by Crippen LogP contribution is 2.40. The van der Waals surface area contributed by atoms with Gasteiger partial charge in [0.25, 0.3) is 0 Å². The number of carboxylic acids is 1. The summed E-state index contributed by atoms with van der Waals surface area (Å²) < 4.78 is 11.6. The first kappa shape index (κ1) is 20.1. The maximum absolute atomic E-state index is 10.5. The molecule has 0 saturated carbocycles. The predicted molar refractivity (Wildman–Crippen MR) is 96.2 cm³/mol. The number of carboxylic acid groups (broad SMARTS) is 1. The number of ether oxygens (including phenoxy) is 2. The second-order valence-electron chi connectivity index (χ2n) is 7.05. The Morgan fingerprint density at radius 2 is 2.04 bits per heavy atom. The van der Waals surface area contributed by atoms with Crippen LogP contribution in [0.3, 0.4) is 0 Å². The minimum Gasteiger partial charge on any atom is -0.481 e. The molecule has 0 aromatic carbocycles. The van der Waals surface area contributed by atoms with E-state index in [-0.39, 0.29) is 30.8 Å². The lowest BCUT2D eigenvalue weighted by molar-refractivity contribution is -0.337. The summed E-state index contributed by atoms with van der Waals surface area (Å²) in [4.78, 5) is 10.5. The van der Waals surface area contributed by atoms with E-state index in [4.69, 9.17) is 14.6 Å². The Bertz CT molecular complexity index is 453. The predicted octanol–water partition coefficient (Wildman–Crippen LogP) is 3.82. The Balaban J connectivity index is 1.76. The summed E-state index contributed by atoms with van der Waals surface area (Å²) in [5.41, 5.74) is 0. The van der Waals surface area contributed by atoms with Crippen LogP contribution >= 0.6 is 0 Å². The van der Waals surface area contributed by atoms with Crippen molar-refractivity contribution in [2.45, 2.75) is 89.3 Å². The molecule has 0 radical (unpaired) electrons. The van der Waals surface area contributed by atoms with E-state index in [0.29, 0.717) is 6.42 Å². The average Bonchev–Trinajstić information content (AvgIpc) is 2.55. The van der Waals surface area contributed by atoms with Crippen LogP contribution in [-0.2, 0) is 14.3 Å². The van der Waals surface area contributed by atoms with E-state index in [1.807, 2.05) is 18.2 Å². The van der Waals surface area contributed by atoms with Gasteiger partial charge in [-0.25, -0.2) is 0 Å². The molecule has 142 valence electrons. The zero-order valence-electron chi connectivity index (χ0n) is 15.2. The Morgan fingerprint density at radius 3 is 2.76 bits per heavy atom. The van der Waals surface area contributed by atoms with Gasteiger partial charge in [-0.3, -0.25) is 4.79 Å². The lowest BCUT2D eigenvalue weighted by Crippen LogP contribution is -2.55. The van der Waals surface area contributed by atoms with Gasteiger partial charge in [0.15, 0.2) is 6.29 Å². The van der Waals surface area contributed by atoms with Gasteiger partial charge in [-0.05, 0) is 25.7 Å². The molecule has 5 atom stereocenters. The van der Waals surface area contributed by atoms with Crippen LogP contribution in [0.15, 0.2) is 24.3 Å². The van der Waals surface area contributed by atoms with Gasteiger partial charge in [0.1, 0.15) is 0 Å². The molecule has 3 fully saturated rings. The van der Waals surface area contributed by atoms with Crippen LogP contribution in [0.5, 0.6) is 0 Å². The van der Waals surface area contributed by atoms with Crippen molar-refractivity contribution < 1.29 is 24.5 Å². The lowest BCUT2D eigenvalue weighted by atomic mass is 9.84. The Morgan fingerprint density at radius 1 is 1.24 bits per heavy atom. The van der Waals surface area contributed by atoms with Crippen LogP contribution in [0.1, 0.15) is 64.7 Å². The highest BCUT2D eigenvalue weighted by molar-refractivity contribution is 5.66. The first-order valence-electron chi connectivity index (χ1n) is 9.64. The van der Waals surface area contributed by atoms with E-state index in [2.05, 4.69) is 13.0 Å². The topological polar surface area (TPSA) is 76.0 Å². The highest BCUT2D eigenvalue weighted by Gasteiger charge is 2.46. The van der Waals surface area contributed by atoms with Crippen molar-refractivity contribution in [1.29, 1.82) is 0 Å². The van der Waals surface area contributed by atoms with Gasteiger partial charge in [-0.15, -0.1) is 0 Å². The fraction of sp³-hybridized carbons (Fsp3) is 0.750. The standard InChI is InChI=1S/C20H32O5/c1-2-3-6-9-15(21)12-13-17-16(18-14-20(24-17)25-18)10-7-4-5-8-11-19(22)23/h4,7,12-13,15-18,20-21H,2-3,5-6,8-11,14H2,1H3,(H,22,23). The molecule has 0 amide bonds. The van der Waals surface area contributed by atoms with Crippen LogP contribution in [0, 0.1) is 5.92 Å². The molecule has 2 N–H and O–H groups in total. The molecule has 5 heteroatoms. The number of aliphatic carboxylic acids is 1. The van der Waals surface area contributed by atoms with Crippen molar-refractivity contribution >= 4 is 5.97 Å². The van der Waals surface area contributed by atoms with E-state index in [9.17, 15) is 9.90 Å². The number of aliphatic hydroxyl groups excluding tert-OH is 1. The molecule has 5 nitrogen and oxygen atoms in total. The zero-order valence-corrected chi connectivity index (χ0v) is 15.2. The smallest absolute Gasteiger partial charge is 0.303 e. The first-order chi connectivity index (χ1) is 12.1. The van der Waals surface area contributed by atoms with E-state index in [0.717, 1.165) is 44.9 Å². The number of unbranched alkanes of at least 4 members (excludes halogenated alkanes) is 3. The second kappa shape index (κ2) is 10.7. The molecule has 0 spiro atoms. The molecular weight excluding hydrogens is 320 g/mol. The molecule has 3 rings (SSSR count). The van der Waals surface area contributed by atoms with Crippen molar-refractivity contribution in [3.05, 3.63) is 24.3 Å². The van der Waals surface area contributed by atoms with Crippen LogP contribution in [0.4, 0.5) is 0 Å². The molecule has 25 heavy (non-hydrogen) atoms. The van der Waals surface area contributed by atoms with Crippen LogP contribution in [-0.4, -0.2) is 40.8 Å². The largest absolute Gasteiger partial charge is 0.481 e. The first-order valence-corrected chi connectivity index (χ1v) is 9.64. The summed E-state index contributed by atoms with van der Waals surface area (Å²) in [5, 5.41) is 18.7. The minimum atomic E-state index is -0.745. The van der Waals surface area contributed by atoms with Gasteiger partial charge in [0.2, 0.25) is 0 Å². The number of carbonyl (C=O) groups is 1. The van der Waals surface area contributed by atoms with Crippen molar-refractivity contribution in [2.75, 3.05) is 0 Å². The summed E-state index contributed by atoms with van der Waals surface area (Å²) in [6, 6.07) is 0. The number of fused-ring (bicyclic) bond motifs is 2. The molecule has 0 aliphatic carbocycles. The van der Waals surface area contributed by atoms with Crippen LogP contribution in [0.2, 0.25) is 0 Å². The maximum Gasteiger partial charge on any atom is 0.303 e. The molecule has 0 aromatic heterocycles. The van der Waals surface area contributed by atoms with Gasteiger partial charge in [0.05, 0.1) is 18.3 Å². The zero-order chi connectivity index (χ0) is 18.1. The second-order valence-corrected chi connectivity index (χ2v) is 7.05. The van der Waals surface area contributed by atoms with E-state index in [1.165, 1.54) is 0 Å². The third-order valence-corrected chi connectivity index (χ3v) is 4.92. The van der Waals surface area contributed by atoms with Gasteiger partial charge in [-0.2, -0.15) is 0 Å². The molecule has 5 unspecified atom stereocenters. The van der Waals surface area contributed by atoms with Gasteiger partial charge in [-0.1, -0.05) is 50.5 Å². The average molecular weight is 352 g/mol. The Kier molecular flexibility index (Phi) is 8.65. The quantitative estimate of drug-likeness (QED) is 0.412. The number of aliphatic hydroxyl groups is 1. The molecule has 0 aromatic rings. The number of rotatable bonds is 12. The van der Waals surface area contributed by atoms with Gasteiger partial charge >= 0.3 is 5.97 Å². The maximum atomic E-state index is 10.5. The molecule has 3 heterocycles.